The van der Waals surface area contributed by atoms with Gasteiger partial charge < -0.3 is 10.2 Å². The molecule has 0 aromatic carbocycles. The summed E-state index contributed by atoms with van der Waals surface area (Å²) in [5.74, 6) is 0.725. The molecule has 16 heavy (non-hydrogen) atoms. The molecule has 2 saturated heterocycles. The van der Waals surface area contributed by atoms with Crippen LogP contribution < -0.4 is 5.32 Å². The Hall–Kier alpha value is -0.130. The second-order valence-corrected chi connectivity index (χ2v) is 7.45. The zero-order chi connectivity index (χ0) is 11.6. The lowest BCUT2D eigenvalue weighted by Gasteiger charge is -2.34. The van der Waals surface area contributed by atoms with E-state index in [1.165, 1.54) is 19.4 Å². The van der Waals surface area contributed by atoms with Crippen molar-refractivity contribution in [2.45, 2.75) is 37.8 Å². The van der Waals surface area contributed by atoms with Crippen LogP contribution in [0.15, 0.2) is 0 Å². The fourth-order valence-electron chi connectivity index (χ4n) is 2.79. The van der Waals surface area contributed by atoms with Crippen molar-refractivity contribution in [2.75, 3.05) is 31.6 Å². The van der Waals surface area contributed by atoms with Crippen molar-refractivity contribution >= 4 is 9.84 Å². The molecular weight excluding hydrogens is 224 g/mol. The molecule has 2 aliphatic rings. The van der Waals surface area contributed by atoms with Crippen LogP contribution in [0.4, 0.5) is 0 Å². The monoisotopic (exact) mass is 246 g/mol. The molecule has 0 saturated carbocycles. The van der Waals surface area contributed by atoms with E-state index >= 15 is 0 Å². The highest BCUT2D eigenvalue weighted by Crippen LogP contribution is 2.15. The van der Waals surface area contributed by atoms with Crippen molar-refractivity contribution in [3.05, 3.63) is 0 Å². The number of rotatable bonds is 2. The van der Waals surface area contributed by atoms with E-state index in [2.05, 4.69) is 17.3 Å². The fourth-order valence-corrected chi connectivity index (χ4v) is 4.44. The van der Waals surface area contributed by atoms with Crippen LogP contribution in [-0.4, -0.2) is 57.0 Å². The number of nitrogens with zero attached hydrogens (tertiary/aromatic N) is 1. The lowest BCUT2D eigenvalue weighted by atomic mass is 10.0. The Bertz CT molecular complexity index is 329. The molecule has 1 N–H and O–H groups in total. The van der Waals surface area contributed by atoms with Crippen LogP contribution in [0.25, 0.3) is 0 Å². The maximum absolute atomic E-state index is 11.5. The molecule has 0 aliphatic carbocycles. The molecule has 2 rings (SSSR count). The maximum atomic E-state index is 11.5. The van der Waals surface area contributed by atoms with Gasteiger partial charge in [0.2, 0.25) is 0 Å². The molecule has 0 spiro atoms. The van der Waals surface area contributed by atoms with E-state index in [0.717, 1.165) is 19.4 Å². The maximum Gasteiger partial charge on any atom is 0.151 e. The SMILES string of the molecule is CN1CCCC(NC2CCCS(=O)(=O)C2)C1. The van der Waals surface area contributed by atoms with Crippen molar-refractivity contribution in [1.82, 2.24) is 10.2 Å². The van der Waals surface area contributed by atoms with Gasteiger partial charge in [0, 0.05) is 18.6 Å². The van der Waals surface area contributed by atoms with Gasteiger partial charge in [-0.2, -0.15) is 0 Å². The van der Waals surface area contributed by atoms with Crippen LogP contribution in [0.2, 0.25) is 0 Å². The Labute approximate surface area is 98.3 Å². The molecule has 2 aliphatic heterocycles. The minimum Gasteiger partial charge on any atom is -0.309 e. The first-order valence-corrected chi connectivity index (χ1v) is 8.02. The first kappa shape index (κ1) is 12.3. The predicted molar refractivity (Wildman–Crippen MR) is 65.3 cm³/mol. The zero-order valence-electron chi connectivity index (χ0n) is 9.98. The topological polar surface area (TPSA) is 49.4 Å². The van der Waals surface area contributed by atoms with Crippen molar-refractivity contribution in [1.29, 1.82) is 0 Å². The summed E-state index contributed by atoms with van der Waals surface area (Å²) in [6.07, 6.45) is 4.23. The number of nitrogens with one attached hydrogen (secondary N) is 1. The first-order chi connectivity index (χ1) is 7.55. The molecule has 4 nitrogen and oxygen atoms in total. The van der Waals surface area contributed by atoms with Crippen LogP contribution in [0, 0.1) is 0 Å². The molecule has 2 atom stereocenters. The summed E-state index contributed by atoms with van der Waals surface area (Å²) < 4.78 is 23.0. The van der Waals surface area contributed by atoms with Gasteiger partial charge in [0.05, 0.1) is 11.5 Å². The van der Waals surface area contributed by atoms with Crippen LogP contribution in [0.5, 0.6) is 0 Å². The van der Waals surface area contributed by atoms with E-state index in [1.807, 2.05) is 0 Å². The van der Waals surface area contributed by atoms with E-state index in [1.54, 1.807) is 0 Å². The van der Waals surface area contributed by atoms with Gasteiger partial charge in [-0.15, -0.1) is 0 Å². The quantitative estimate of drug-likeness (QED) is 0.759. The van der Waals surface area contributed by atoms with Crippen molar-refractivity contribution in [3.8, 4) is 0 Å². The molecule has 5 heteroatoms. The third-order valence-corrected chi connectivity index (χ3v) is 5.38. The van der Waals surface area contributed by atoms with E-state index in [-0.39, 0.29) is 6.04 Å². The highest BCUT2D eigenvalue weighted by Gasteiger charge is 2.27. The first-order valence-electron chi connectivity index (χ1n) is 6.20. The van der Waals surface area contributed by atoms with Gasteiger partial charge in [-0.05, 0) is 39.3 Å². The number of hydrogen-bond donors (Lipinski definition) is 1. The molecule has 2 unspecified atom stereocenters. The molecule has 2 fully saturated rings. The molecular formula is C11H22N2O2S. The minimum absolute atomic E-state index is 0.190. The molecule has 0 amide bonds. The molecule has 0 aromatic rings. The van der Waals surface area contributed by atoms with Gasteiger partial charge in [0.15, 0.2) is 9.84 Å². The lowest BCUT2D eigenvalue weighted by molar-refractivity contribution is 0.216. The van der Waals surface area contributed by atoms with Gasteiger partial charge >= 0.3 is 0 Å². The molecule has 94 valence electrons. The summed E-state index contributed by atoms with van der Waals surface area (Å²) in [6, 6.07) is 0.673. The third kappa shape index (κ3) is 3.43. The van der Waals surface area contributed by atoms with E-state index < -0.39 is 9.84 Å². The largest absolute Gasteiger partial charge is 0.309 e. The number of sulfone groups is 1. The van der Waals surface area contributed by atoms with E-state index in [9.17, 15) is 8.42 Å². The number of hydrogen-bond acceptors (Lipinski definition) is 4. The Morgan fingerprint density at radius 2 is 1.94 bits per heavy atom. The van der Waals surface area contributed by atoms with Crippen LogP contribution in [-0.2, 0) is 9.84 Å². The van der Waals surface area contributed by atoms with Crippen LogP contribution in [0.3, 0.4) is 0 Å². The van der Waals surface area contributed by atoms with Gasteiger partial charge in [0.1, 0.15) is 0 Å². The molecule has 2 heterocycles. The summed E-state index contributed by atoms with van der Waals surface area (Å²) in [4.78, 5) is 2.32. The normalized spacial score (nSPS) is 36.1. The van der Waals surface area contributed by atoms with Crippen LogP contribution in [0.1, 0.15) is 25.7 Å². The Kier molecular flexibility index (Phi) is 3.87. The third-order valence-electron chi connectivity index (χ3n) is 3.56. The summed E-state index contributed by atoms with van der Waals surface area (Å²) in [7, 11) is -0.642. The van der Waals surface area contributed by atoms with E-state index in [0.29, 0.717) is 17.5 Å². The van der Waals surface area contributed by atoms with Gasteiger partial charge in [-0.3, -0.25) is 0 Å². The highest BCUT2D eigenvalue weighted by molar-refractivity contribution is 7.91. The summed E-state index contributed by atoms with van der Waals surface area (Å²) in [5, 5.41) is 3.52. The number of likely N-dealkylation sites (tertiary alicyclic amines) is 1. The Balaban J connectivity index is 1.84. The lowest BCUT2D eigenvalue weighted by Crippen LogP contribution is -2.51. The predicted octanol–water partition coefficient (Wildman–Crippen LogP) is 0.247. The zero-order valence-corrected chi connectivity index (χ0v) is 10.8. The second kappa shape index (κ2) is 5.02. The van der Waals surface area contributed by atoms with Gasteiger partial charge in [-0.25, -0.2) is 8.42 Å². The average molecular weight is 246 g/mol. The Morgan fingerprint density at radius 1 is 1.19 bits per heavy atom. The standard InChI is InChI=1S/C11H22N2O2S/c1-13-6-2-4-10(8-13)12-11-5-3-7-16(14,15)9-11/h10-12H,2-9H2,1H3. The number of likely N-dealkylation sites (N-methyl/N-ethyl adjacent to an activating group) is 1. The minimum atomic E-state index is -2.77. The molecule has 0 bridgehead atoms. The van der Waals surface area contributed by atoms with Crippen molar-refractivity contribution in [3.63, 3.8) is 0 Å². The molecule has 0 aromatic heterocycles. The summed E-state index contributed by atoms with van der Waals surface area (Å²) in [6.45, 7) is 2.22. The van der Waals surface area contributed by atoms with Crippen LogP contribution >= 0.6 is 0 Å². The summed E-state index contributed by atoms with van der Waals surface area (Å²) in [5.41, 5.74) is 0. The highest BCUT2D eigenvalue weighted by atomic mass is 32.2. The van der Waals surface area contributed by atoms with Gasteiger partial charge in [0.25, 0.3) is 0 Å². The molecule has 0 radical (unpaired) electrons. The van der Waals surface area contributed by atoms with Gasteiger partial charge in [-0.1, -0.05) is 0 Å². The van der Waals surface area contributed by atoms with Crippen molar-refractivity contribution in [2.24, 2.45) is 0 Å². The summed E-state index contributed by atoms with van der Waals surface area (Å²) >= 11 is 0. The fraction of sp³-hybridized carbons (Fsp3) is 1.00. The van der Waals surface area contributed by atoms with Crippen molar-refractivity contribution < 1.29 is 8.42 Å². The Morgan fingerprint density at radius 3 is 2.62 bits per heavy atom. The smallest absolute Gasteiger partial charge is 0.151 e. The van der Waals surface area contributed by atoms with E-state index in [4.69, 9.17) is 0 Å². The average Bonchev–Trinajstić information content (AvgIpc) is 2.15. The second-order valence-electron chi connectivity index (χ2n) is 5.22. The number of piperidine rings is 1.